The van der Waals surface area contributed by atoms with Gasteiger partial charge in [-0.2, -0.15) is 0 Å². The van der Waals surface area contributed by atoms with Crippen LogP contribution < -0.4 is 4.90 Å². The molecule has 2 aromatic carbocycles. The Morgan fingerprint density at radius 3 is 2.54 bits per heavy atom. The van der Waals surface area contributed by atoms with E-state index < -0.39 is 12.1 Å². The van der Waals surface area contributed by atoms with Crippen molar-refractivity contribution < 1.29 is 19.1 Å². The van der Waals surface area contributed by atoms with Gasteiger partial charge in [-0.15, -0.1) is 0 Å². The van der Waals surface area contributed by atoms with Gasteiger partial charge in [0.05, 0.1) is 16.8 Å². The smallest absolute Gasteiger partial charge is 0.339 e. The molecule has 1 aliphatic heterocycles. The van der Waals surface area contributed by atoms with Crippen LogP contribution in [-0.2, 0) is 16.0 Å². The lowest BCUT2D eigenvalue weighted by atomic mass is 10.0. The monoisotopic (exact) mass is 465 g/mol. The predicted octanol–water partition coefficient (Wildman–Crippen LogP) is 4.63. The number of esters is 1. The van der Waals surface area contributed by atoms with E-state index in [2.05, 4.69) is 9.97 Å². The quantitative estimate of drug-likeness (QED) is 0.315. The van der Waals surface area contributed by atoms with Crippen LogP contribution in [0.3, 0.4) is 0 Å². The molecule has 1 aliphatic rings. The van der Waals surface area contributed by atoms with Gasteiger partial charge in [-0.05, 0) is 61.4 Å². The number of benzene rings is 2. The molecule has 7 heteroatoms. The zero-order valence-electron chi connectivity index (χ0n) is 19.4. The standard InChI is InChI=1S/C28H23N3O4/c1-17(27(33)21-7-8-26-20(15-21)11-14-31(26)18(2)32)35-28(34)23-16-25(19-9-12-29-13-10-19)30-24-6-4-3-5-22(23)24/h3-10,12-13,15-17H,11,14H2,1-2H3/t17-/m0/s1. The molecule has 1 amide bonds. The highest BCUT2D eigenvalue weighted by molar-refractivity contribution is 6.07. The molecule has 3 heterocycles. The summed E-state index contributed by atoms with van der Waals surface area (Å²) in [6.45, 7) is 3.70. The van der Waals surface area contributed by atoms with Gasteiger partial charge in [0.1, 0.15) is 0 Å². The summed E-state index contributed by atoms with van der Waals surface area (Å²) in [6, 6.07) is 17.9. The fourth-order valence-electron chi connectivity index (χ4n) is 4.41. The topological polar surface area (TPSA) is 89.5 Å². The van der Waals surface area contributed by atoms with Crippen LogP contribution in [0.25, 0.3) is 22.2 Å². The molecule has 2 aromatic heterocycles. The molecule has 0 fully saturated rings. The van der Waals surface area contributed by atoms with E-state index in [4.69, 9.17) is 4.74 Å². The van der Waals surface area contributed by atoms with Gasteiger partial charge in [-0.1, -0.05) is 18.2 Å². The van der Waals surface area contributed by atoms with E-state index in [0.717, 1.165) is 16.8 Å². The number of pyridine rings is 2. The lowest BCUT2D eigenvalue weighted by Crippen LogP contribution is -2.26. The molecule has 7 nitrogen and oxygen atoms in total. The van der Waals surface area contributed by atoms with E-state index in [1.807, 2.05) is 36.4 Å². The molecule has 5 rings (SSSR count). The number of carbonyl (C=O) groups is 3. The van der Waals surface area contributed by atoms with Gasteiger partial charge in [0.2, 0.25) is 11.7 Å². The van der Waals surface area contributed by atoms with Gasteiger partial charge in [-0.3, -0.25) is 14.6 Å². The second kappa shape index (κ2) is 9.10. The Hall–Kier alpha value is -4.39. The Kier molecular flexibility index (Phi) is 5.82. The van der Waals surface area contributed by atoms with Crippen molar-refractivity contribution >= 4 is 34.3 Å². The molecule has 0 aliphatic carbocycles. The largest absolute Gasteiger partial charge is 0.451 e. The molecule has 0 spiro atoms. The molecule has 35 heavy (non-hydrogen) atoms. The van der Waals surface area contributed by atoms with E-state index >= 15 is 0 Å². The molecule has 1 atom stereocenters. The van der Waals surface area contributed by atoms with E-state index in [9.17, 15) is 14.4 Å². The first-order valence-electron chi connectivity index (χ1n) is 11.4. The fourth-order valence-corrected chi connectivity index (χ4v) is 4.41. The molecular weight excluding hydrogens is 442 g/mol. The van der Waals surface area contributed by atoms with Crippen LogP contribution in [0, 0.1) is 0 Å². The molecule has 0 radical (unpaired) electrons. The van der Waals surface area contributed by atoms with Crippen LogP contribution in [0.1, 0.15) is 40.1 Å². The number of ketones is 1. The number of carbonyl (C=O) groups excluding carboxylic acids is 3. The first kappa shape index (κ1) is 22.4. The first-order valence-corrected chi connectivity index (χ1v) is 11.4. The molecule has 0 saturated carbocycles. The number of para-hydroxylation sites is 1. The molecular formula is C28H23N3O4. The van der Waals surface area contributed by atoms with Crippen molar-refractivity contribution in [2.75, 3.05) is 11.4 Å². The summed E-state index contributed by atoms with van der Waals surface area (Å²) in [6.07, 6.45) is 3.03. The Labute approximate surface area is 202 Å². The lowest BCUT2D eigenvalue weighted by molar-refractivity contribution is -0.116. The number of hydrogen-bond acceptors (Lipinski definition) is 6. The second-order valence-electron chi connectivity index (χ2n) is 8.48. The van der Waals surface area contributed by atoms with Crippen molar-refractivity contribution in [3.8, 4) is 11.3 Å². The maximum absolute atomic E-state index is 13.2. The fraction of sp³-hybridized carbons (Fsp3) is 0.179. The number of rotatable bonds is 5. The third-order valence-corrected chi connectivity index (χ3v) is 6.20. The van der Waals surface area contributed by atoms with Crippen molar-refractivity contribution in [2.24, 2.45) is 0 Å². The number of aromatic nitrogens is 2. The summed E-state index contributed by atoms with van der Waals surface area (Å²) in [4.78, 5) is 48.5. The molecule has 4 aromatic rings. The van der Waals surface area contributed by atoms with Gasteiger partial charge in [-0.25, -0.2) is 9.78 Å². The van der Waals surface area contributed by atoms with Gasteiger partial charge >= 0.3 is 5.97 Å². The van der Waals surface area contributed by atoms with Crippen LogP contribution in [0.4, 0.5) is 5.69 Å². The van der Waals surface area contributed by atoms with E-state index in [1.54, 1.807) is 48.5 Å². The van der Waals surface area contributed by atoms with Crippen molar-refractivity contribution in [1.82, 2.24) is 9.97 Å². The SMILES string of the molecule is CC(=O)N1CCc2cc(C(=O)[C@H](C)OC(=O)c3cc(-c4ccncc4)nc4ccccc34)ccc21. The van der Waals surface area contributed by atoms with Crippen molar-refractivity contribution in [3.05, 3.63) is 89.7 Å². The van der Waals surface area contributed by atoms with E-state index in [1.165, 1.54) is 6.92 Å². The number of Topliss-reactive ketones (excluding diaryl/α,β-unsaturated/α-hetero) is 1. The Morgan fingerprint density at radius 1 is 1.00 bits per heavy atom. The average Bonchev–Trinajstić information content (AvgIpc) is 3.31. The van der Waals surface area contributed by atoms with E-state index in [-0.39, 0.29) is 11.7 Å². The summed E-state index contributed by atoms with van der Waals surface area (Å²) in [5, 5.41) is 0.650. The number of ether oxygens (including phenoxy) is 1. The molecule has 0 saturated heterocycles. The van der Waals surface area contributed by atoms with Crippen molar-refractivity contribution in [1.29, 1.82) is 0 Å². The maximum atomic E-state index is 13.2. The van der Waals surface area contributed by atoms with Crippen LogP contribution in [0.15, 0.2) is 73.1 Å². The summed E-state index contributed by atoms with van der Waals surface area (Å²) >= 11 is 0. The van der Waals surface area contributed by atoms with Gasteiger partial charge in [0, 0.05) is 48.1 Å². The zero-order chi connectivity index (χ0) is 24.5. The normalized spacial score (nSPS) is 13.4. The highest BCUT2D eigenvalue weighted by Crippen LogP contribution is 2.30. The first-order chi connectivity index (χ1) is 16.9. The van der Waals surface area contributed by atoms with E-state index in [0.29, 0.717) is 40.7 Å². The maximum Gasteiger partial charge on any atom is 0.339 e. The minimum absolute atomic E-state index is 0.0270. The van der Waals surface area contributed by atoms with Gasteiger partial charge in [0.15, 0.2) is 6.10 Å². The van der Waals surface area contributed by atoms with Crippen LogP contribution in [0.5, 0.6) is 0 Å². The van der Waals surface area contributed by atoms with Crippen LogP contribution in [-0.4, -0.2) is 40.3 Å². The summed E-state index contributed by atoms with van der Waals surface area (Å²) < 4.78 is 5.64. The van der Waals surface area contributed by atoms with Gasteiger partial charge in [0.25, 0.3) is 0 Å². The van der Waals surface area contributed by atoms with Crippen LogP contribution >= 0.6 is 0 Å². The average molecular weight is 466 g/mol. The highest BCUT2D eigenvalue weighted by Gasteiger charge is 2.26. The summed E-state index contributed by atoms with van der Waals surface area (Å²) in [5.74, 6) is -0.917. The predicted molar refractivity (Wildman–Crippen MR) is 132 cm³/mol. The Morgan fingerprint density at radius 2 is 1.77 bits per heavy atom. The number of amides is 1. The number of hydrogen-bond donors (Lipinski definition) is 0. The summed E-state index contributed by atoms with van der Waals surface area (Å²) in [7, 11) is 0. The third-order valence-electron chi connectivity index (χ3n) is 6.20. The highest BCUT2D eigenvalue weighted by atomic mass is 16.5. The third kappa shape index (κ3) is 4.28. The number of anilines is 1. The van der Waals surface area contributed by atoms with Gasteiger partial charge < -0.3 is 9.64 Å². The number of fused-ring (bicyclic) bond motifs is 2. The minimum Gasteiger partial charge on any atom is -0.451 e. The Bertz CT molecular complexity index is 1470. The molecule has 0 unspecified atom stereocenters. The molecule has 174 valence electrons. The zero-order valence-corrected chi connectivity index (χ0v) is 19.4. The lowest BCUT2D eigenvalue weighted by Gasteiger charge is -2.16. The van der Waals surface area contributed by atoms with Crippen LogP contribution in [0.2, 0.25) is 0 Å². The number of nitrogens with zero attached hydrogens (tertiary/aromatic N) is 3. The van der Waals surface area contributed by atoms with Crippen molar-refractivity contribution in [2.45, 2.75) is 26.4 Å². The minimum atomic E-state index is -0.984. The van der Waals surface area contributed by atoms with Crippen molar-refractivity contribution in [3.63, 3.8) is 0 Å². The summed E-state index contributed by atoms with van der Waals surface area (Å²) in [5.41, 5.74) is 4.64. The molecule has 0 bridgehead atoms. The second-order valence-corrected chi connectivity index (χ2v) is 8.48. The molecule has 0 N–H and O–H groups in total. The Balaban J connectivity index is 1.41.